The maximum absolute atomic E-state index is 6.46. The summed E-state index contributed by atoms with van der Waals surface area (Å²) in [5, 5.41) is 0. The average molecular weight is 220 g/mol. The minimum Gasteiger partial charge on any atom is -0.360 e. The SMILES string of the molecule is CC1(C)C=C[C@@]2(C[C@H]3CC[C@]2(C)C3(C)C)O1. The van der Waals surface area contributed by atoms with Gasteiger partial charge in [0.15, 0.2) is 0 Å². The molecule has 90 valence electrons. The summed E-state index contributed by atoms with van der Waals surface area (Å²) in [5.74, 6) is 0.844. The summed E-state index contributed by atoms with van der Waals surface area (Å²) in [5.41, 5.74) is 0.721. The van der Waals surface area contributed by atoms with Crippen LogP contribution in [0.25, 0.3) is 0 Å². The summed E-state index contributed by atoms with van der Waals surface area (Å²) < 4.78 is 6.46. The Labute approximate surface area is 99.3 Å². The van der Waals surface area contributed by atoms with Crippen LogP contribution in [-0.2, 0) is 4.74 Å². The van der Waals surface area contributed by atoms with Gasteiger partial charge >= 0.3 is 0 Å². The Balaban J connectivity index is 2.06. The molecule has 0 aromatic carbocycles. The Morgan fingerprint density at radius 3 is 2.12 bits per heavy atom. The zero-order chi connectivity index (χ0) is 11.8. The van der Waals surface area contributed by atoms with E-state index >= 15 is 0 Å². The molecule has 0 N–H and O–H groups in total. The van der Waals surface area contributed by atoms with Crippen molar-refractivity contribution in [3.63, 3.8) is 0 Å². The second-order valence-electron chi connectivity index (χ2n) is 7.42. The van der Waals surface area contributed by atoms with Gasteiger partial charge in [0.1, 0.15) is 0 Å². The van der Waals surface area contributed by atoms with Gasteiger partial charge in [0.2, 0.25) is 0 Å². The van der Waals surface area contributed by atoms with E-state index in [0.717, 1.165) is 5.92 Å². The molecule has 16 heavy (non-hydrogen) atoms. The van der Waals surface area contributed by atoms with Gasteiger partial charge in [-0.1, -0.05) is 32.9 Å². The van der Waals surface area contributed by atoms with E-state index in [1.54, 1.807) is 0 Å². The van der Waals surface area contributed by atoms with Crippen LogP contribution in [0.3, 0.4) is 0 Å². The maximum Gasteiger partial charge on any atom is 0.0936 e. The lowest BCUT2D eigenvalue weighted by Crippen LogP contribution is -2.48. The Bertz CT molecular complexity index is 366. The molecule has 0 saturated heterocycles. The molecule has 0 aromatic rings. The second kappa shape index (κ2) is 2.58. The molecule has 2 aliphatic carbocycles. The number of ether oxygens (including phenoxy) is 1. The molecule has 2 bridgehead atoms. The van der Waals surface area contributed by atoms with Crippen molar-refractivity contribution in [2.24, 2.45) is 16.7 Å². The van der Waals surface area contributed by atoms with E-state index in [0.29, 0.717) is 10.8 Å². The number of fused-ring (bicyclic) bond motifs is 3. The van der Waals surface area contributed by atoms with Crippen LogP contribution < -0.4 is 0 Å². The van der Waals surface area contributed by atoms with Gasteiger partial charge in [-0.3, -0.25) is 0 Å². The standard InChI is InChI=1S/C15H24O/c1-12(2)8-9-15(16-12)10-11-6-7-14(15,5)13(11,3)4/h8-9,11H,6-7,10H2,1-5H3/t11-,14-,15+/m1/s1. The minimum absolute atomic E-state index is 0.0307. The third-order valence-corrected chi connectivity index (χ3v) is 6.12. The molecule has 2 saturated carbocycles. The Morgan fingerprint density at radius 1 is 1.06 bits per heavy atom. The average Bonchev–Trinajstić information content (AvgIpc) is 2.62. The van der Waals surface area contributed by atoms with Gasteiger partial charge in [-0.15, -0.1) is 0 Å². The van der Waals surface area contributed by atoms with E-state index < -0.39 is 0 Å². The lowest BCUT2D eigenvalue weighted by Gasteiger charge is -2.46. The highest BCUT2D eigenvalue weighted by Gasteiger charge is 2.70. The largest absolute Gasteiger partial charge is 0.360 e. The molecule has 1 nitrogen and oxygen atoms in total. The Morgan fingerprint density at radius 2 is 1.75 bits per heavy atom. The summed E-state index contributed by atoms with van der Waals surface area (Å²) in [6.07, 6.45) is 8.60. The fourth-order valence-electron chi connectivity index (χ4n) is 4.58. The van der Waals surface area contributed by atoms with E-state index in [9.17, 15) is 0 Å². The molecule has 3 rings (SSSR count). The molecule has 1 heterocycles. The van der Waals surface area contributed by atoms with Crippen molar-refractivity contribution < 1.29 is 4.74 Å². The van der Waals surface area contributed by atoms with E-state index in [-0.39, 0.29) is 11.2 Å². The van der Waals surface area contributed by atoms with E-state index in [1.807, 2.05) is 0 Å². The van der Waals surface area contributed by atoms with Crippen LogP contribution >= 0.6 is 0 Å². The molecular weight excluding hydrogens is 196 g/mol. The predicted octanol–water partition coefficient (Wildman–Crippen LogP) is 3.94. The molecule has 0 amide bonds. The van der Waals surface area contributed by atoms with Crippen LogP contribution in [0.15, 0.2) is 12.2 Å². The fraction of sp³-hybridized carbons (Fsp3) is 0.867. The van der Waals surface area contributed by atoms with Crippen molar-refractivity contribution in [2.45, 2.75) is 65.1 Å². The molecule has 1 aliphatic heterocycles. The van der Waals surface area contributed by atoms with E-state index in [1.165, 1.54) is 19.3 Å². The van der Waals surface area contributed by atoms with E-state index in [2.05, 4.69) is 46.8 Å². The van der Waals surface area contributed by atoms with Gasteiger partial charge in [0.05, 0.1) is 11.2 Å². The number of rotatable bonds is 0. The summed E-state index contributed by atoms with van der Waals surface area (Å²) in [6.45, 7) is 11.7. The zero-order valence-corrected chi connectivity index (χ0v) is 11.3. The van der Waals surface area contributed by atoms with Crippen LogP contribution in [0.2, 0.25) is 0 Å². The molecular formula is C15H24O. The molecule has 0 unspecified atom stereocenters. The van der Waals surface area contributed by atoms with Crippen LogP contribution in [0.5, 0.6) is 0 Å². The minimum atomic E-state index is -0.0659. The second-order valence-corrected chi connectivity index (χ2v) is 7.42. The van der Waals surface area contributed by atoms with Gasteiger partial charge in [-0.25, -0.2) is 0 Å². The van der Waals surface area contributed by atoms with Crippen molar-refractivity contribution in [3.05, 3.63) is 12.2 Å². The van der Waals surface area contributed by atoms with Crippen molar-refractivity contribution in [2.75, 3.05) is 0 Å². The lowest BCUT2D eigenvalue weighted by molar-refractivity contribution is -0.141. The van der Waals surface area contributed by atoms with Crippen molar-refractivity contribution in [1.29, 1.82) is 0 Å². The van der Waals surface area contributed by atoms with Crippen LogP contribution in [0, 0.1) is 16.7 Å². The molecule has 0 radical (unpaired) electrons. The molecule has 1 heteroatoms. The predicted molar refractivity (Wildman–Crippen MR) is 66.3 cm³/mol. The number of hydrogen-bond donors (Lipinski definition) is 0. The molecule has 1 spiro atoms. The highest BCUT2D eigenvalue weighted by Crippen LogP contribution is 2.72. The van der Waals surface area contributed by atoms with E-state index in [4.69, 9.17) is 4.74 Å². The zero-order valence-electron chi connectivity index (χ0n) is 11.3. The Kier molecular flexibility index (Phi) is 1.75. The topological polar surface area (TPSA) is 9.23 Å². The lowest BCUT2D eigenvalue weighted by atomic mass is 9.64. The fourth-order valence-corrected chi connectivity index (χ4v) is 4.58. The first-order valence-electron chi connectivity index (χ1n) is 6.63. The summed E-state index contributed by atoms with van der Waals surface area (Å²) in [4.78, 5) is 0. The van der Waals surface area contributed by atoms with Crippen molar-refractivity contribution in [3.8, 4) is 0 Å². The Hall–Kier alpha value is -0.300. The van der Waals surface area contributed by atoms with Gasteiger partial charge in [0.25, 0.3) is 0 Å². The smallest absolute Gasteiger partial charge is 0.0936 e. The molecule has 2 fully saturated rings. The molecule has 3 atom stereocenters. The van der Waals surface area contributed by atoms with Crippen LogP contribution in [0.1, 0.15) is 53.9 Å². The summed E-state index contributed by atoms with van der Waals surface area (Å²) in [7, 11) is 0. The van der Waals surface area contributed by atoms with Gasteiger partial charge in [-0.2, -0.15) is 0 Å². The summed E-state index contributed by atoms with van der Waals surface area (Å²) in [6, 6.07) is 0. The van der Waals surface area contributed by atoms with Gasteiger partial charge in [0, 0.05) is 5.41 Å². The normalized spacial score (nSPS) is 51.7. The third-order valence-electron chi connectivity index (χ3n) is 6.12. The first-order chi connectivity index (χ1) is 7.23. The first-order valence-corrected chi connectivity index (χ1v) is 6.63. The quantitative estimate of drug-likeness (QED) is 0.562. The highest BCUT2D eigenvalue weighted by molar-refractivity contribution is 5.30. The first kappa shape index (κ1) is 10.8. The van der Waals surface area contributed by atoms with Crippen molar-refractivity contribution in [1.82, 2.24) is 0 Å². The maximum atomic E-state index is 6.46. The van der Waals surface area contributed by atoms with Crippen LogP contribution in [-0.4, -0.2) is 11.2 Å². The highest BCUT2D eigenvalue weighted by atomic mass is 16.5. The monoisotopic (exact) mass is 220 g/mol. The molecule has 0 aromatic heterocycles. The molecule has 3 aliphatic rings. The third kappa shape index (κ3) is 0.971. The van der Waals surface area contributed by atoms with Crippen molar-refractivity contribution >= 4 is 0 Å². The summed E-state index contributed by atoms with van der Waals surface area (Å²) >= 11 is 0. The van der Waals surface area contributed by atoms with Gasteiger partial charge < -0.3 is 4.74 Å². The van der Waals surface area contributed by atoms with Crippen LogP contribution in [0.4, 0.5) is 0 Å². The van der Waals surface area contributed by atoms with Gasteiger partial charge in [-0.05, 0) is 44.4 Å². The number of hydrogen-bond acceptors (Lipinski definition) is 1.